The van der Waals surface area contributed by atoms with Gasteiger partial charge in [-0.05, 0) is 31.0 Å². The molecule has 0 aliphatic heterocycles. The number of aliphatic hydroxyl groups is 1. The predicted octanol–water partition coefficient (Wildman–Crippen LogP) is 2.86. The highest BCUT2D eigenvalue weighted by molar-refractivity contribution is 5.59. The SMILES string of the molecule is CCC(O)CCNc1ccc(N)cc1C(F)(F)F. The summed E-state index contributed by atoms with van der Waals surface area (Å²) < 4.78 is 38.2. The molecule has 3 nitrogen and oxygen atoms in total. The van der Waals surface area contributed by atoms with Crippen LogP contribution < -0.4 is 11.1 Å². The van der Waals surface area contributed by atoms with Gasteiger partial charge in [0.1, 0.15) is 0 Å². The molecule has 4 N–H and O–H groups in total. The number of alkyl halides is 3. The minimum Gasteiger partial charge on any atom is -0.399 e. The quantitative estimate of drug-likeness (QED) is 0.715. The molecule has 1 aromatic carbocycles. The Balaban J connectivity index is 2.76. The third-order valence-electron chi connectivity index (χ3n) is 2.61. The summed E-state index contributed by atoms with van der Waals surface area (Å²) in [6, 6.07) is 3.61. The van der Waals surface area contributed by atoms with E-state index in [2.05, 4.69) is 5.32 Å². The number of benzene rings is 1. The lowest BCUT2D eigenvalue weighted by Crippen LogP contribution is -2.15. The smallest absolute Gasteiger partial charge is 0.399 e. The molecule has 102 valence electrons. The van der Waals surface area contributed by atoms with Gasteiger partial charge in [-0.25, -0.2) is 0 Å². The van der Waals surface area contributed by atoms with Gasteiger partial charge in [0, 0.05) is 17.9 Å². The Bertz CT molecular complexity index is 393. The van der Waals surface area contributed by atoms with Gasteiger partial charge < -0.3 is 16.2 Å². The van der Waals surface area contributed by atoms with E-state index in [9.17, 15) is 18.3 Å². The lowest BCUT2D eigenvalue weighted by atomic mass is 10.1. The summed E-state index contributed by atoms with van der Waals surface area (Å²) in [7, 11) is 0. The molecule has 0 spiro atoms. The number of nitrogen functional groups attached to an aromatic ring is 1. The molecule has 0 bridgehead atoms. The molecule has 0 saturated heterocycles. The Morgan fingerprint density at radius 2 is 2.06 bits per heavy atom. The maximum absolute atomic E-state index is 12.7. The molecular formula is C12H17F3N2O. The Hall–Kier alpha value is -1.43. The fourth-order valence-electron chi connectivity index (χ4n) is 1.53. The van der Waals surface area contributed by atoms with Crippen molar-refractivity contribution < 1.29 is 18.3 Å². The van der Waals surface area contributed by atoms with Crippen molar-refractivity contribution >= 4 is 11.4 Å². The molecule has 1 aromatic rings. The zero-order chi connectivity index (χ0) is 13.8. The molecule has 0 aliphatic carbocycles. The summed E-state index contributed by atoms with van der Waals surface area (Å²) in [5.74, 6) is 0. The third kappa shape index (κ3) is 4.10. The van der Waals surface area contributed by atoms with Crippen LogP contribution in [0.25, 0.3) is 0 Å². The molecule has 18 heavy (non-hydrogen) atoms. The third-order valence-corrected chi connectivity index (χ3v) is 2.61. The monoisotopic (exact) mass is 262 g/mol. The van der Waals surface area contributed by atoms with Gasteiger partial charge in [-0.3, -0.25) is 0 Å². The number of anilines is 2. The number of nitrogens with one attached hydrogen (secondary N) is 1. The normalized spacial score (nSPS) is 13.4. The van der Waals surface area contributed by atoms with Crippen LogP contribution in [0.3, 0.4) is 0 Å². The summed E-state index contributed by atoms with van der Waals surface area (Å²) in [6.45, 7) is 2.09. The second-order valence-electron chi connectivity index (χ2n) is 4.08. The average molecular weight is 262 g/mol. The van der Waals surface area contributed by atoms with Crippen molar-refractivity contribution in [2.75, 3.05) is 17.6 Å². The fourth-order valence-corrected chi connectivity index (χ4v) is 1.53. The van der Waals surface area contributed by atoms with Crippen LogP contribution in [0.5, 0.6) is 0 Å². The van der Waals surface area contributed by atoms with E-state index in [0.717, 1.165) is 6.07 Å². The van der Waals surface area contributed by atoms with Crippen LogP contribution in [0, 0.1) is 0 Å². The molecule has 6 heteroatoms. The zero-order valence-electron chi connectivity index (χ0n) is 10.1. The van der Waals surface area contributed by atoms with E-state index in [-0.39, 0.29) is 17.9 Å². The largest absolute Gasteiger partial charge is 0.418 e. The molecule has 0 aromatic heterocycles. The molecule has 0 fully saturated rings. The van der Waals surface area contributed by atoms with E-state index >= 15 is 0 Å². The minimum absolute atomic E-state index is 0.0139. The highest BCUT2D eigenvalue weighted by Gasteiger charge is 2.33. The molecule has 1 atom stereocenters. The minimum atomic E-state index is -4.44. The highest BCUT2D eigenvalue weighted by Crippen LogP contribution is 2.36. The van der Waals surface area contributed by atoms with E-state index in [1.54, 1.807) is 0 Å². The highest BCUT2D eigenvalue weighted by atomic mass is 19.4. The standard InChI is InChI=1S/C12H17F3N2O/c1-2-9(18)5-6-17-11-4-3-8(16)7-10(11)12(13,14)15/h3-4,7,9,17-18H,2,5-6,16H2,1H3. The molecule has 0 heterocycles. The van der Waals surface area contributed by atoms with E-state index < -0.39 is 17.8 Å². The van der Waals surface area contributed by atoms with Crippen LogP contribution in [0.1, 0.15) is 25.3 Å². The molecule has 0 amide bonds. The number of halogens is 3. The molecular weight excluding hydrogens is 245 g/mol. The number of aliphatic hydroxyl groups excluding tert-OH is 1. The Morgan fingerprint density at radius 3 is 2.61 bits per heavy atom. The van der Waals surface area contributed by atoms with Crippen LogP contribution in [0.4, 0.5) is 24.5 Å². The first-order valence-corrected chi connectivity index (χ1v) is 5.73. The lowest BCUT2D eigenvalue weighted by molar-refractivity contribution is -0.136. The van der Waals surface area contributed by atoms with Crippen molar-refractivity contribution in [3.63, 3.8) is 0 Å². The number of nitrogens with two attached hydrogens (primary N) is 1. The first kappa shape index (κ1) is 14.6. The maximum atomic E-state index is 12.7. The van der Waals surface area contributed by atoms with Crippen molar-refractivity contribution in [3.05, 3.63) is 23.8 Å². The van der Waals surface area contributed by atoms with Crippen molar-refractivity contribution in [2.45, 2.75) is 32.0 Å². The van der Waals surface area contributed by atoms with Crippen LogP contribution in [-0.2, 0) is 6.18 Å². The van der Waals surface area contributed by atoms with Gasteiger partial charge in [0.2, 0.25) is 0 Å². The Labute approximate surface area is 104 Å². The molecule has 0 aliphatic rings. The topological polar surface area (TPSA) is 58.3 Å². The molecule has 1 rings (SSSR count). The summed E-state index contributed by atoms with van der Waals surface area (Å²) in [6.07, 6.45) is -3.96. The van der Waals surface area contributed by atoms with Crippen molar-refractivity contribution in [1.82, 2.24) is 0 Å². The number of hydrogen-bond donors (Lipinski definition) is 3. The van der Waals surface area contributed by atoms with Gasteiger partial charge in [-0.15, -0.1) is 0 Å². The van der Waals surface area contributed by atoms with Gasteiger partial charge in [0.25, 0.3) is 0 Å². The molecule has 1 unspecified atom stereocenters. The predicted molar refractivity (Wildman–Crippen MR) is 65.3 cm³/mol. The number of rotatable bonds is 5. The van der Waals surface area contributed by atoms with E-state index in [1.165, 1.54) is 12.1 Å². The molecule has 0 saturated carbocycles. The van der Waals surface area contributed by atoms with Gasteiger partial charge in [-0.2, -0.15) is 13.2 Å². The van der Waals surface area contributed by atoms with Gasteiger partial charge >= 0.3 is 6.18 Å². The van der Waals surface area contributed by atoms with Crippen LogP contribution >= 0.6 is 0 Å². The first-order chi connectivity index (χ1) is 8.34. The van der Waals surface area contributed by atoms with Crippen LogP contribution in [0.15, 0.2) is 18.2 Å². The average Bonchev–Trinajstić information content (AvgIpc) is 2.29. The second-order valence-corrected chi connectivity index (χ2v) is 4.08. The number of hydrogen-bond acceptors (Lipinski definition) is 3. The van der Waals surface area contributed by atoms with E-state index in [4.69, 9.17) is 5.73 Å². The van der Waals surface area contributed by atoms with Crippen molar-refractivity contribution in [2.24, 2.45) is 0 Å². The van der Waals surface area contributed by atoms with Gasteiger partial charge in [-0.1, -0.05) is 6.92 Å². The van der Waals surface area contributed by atoms with Crippen LogP contribution in [-0.4, -0.2) is 17.8 Å². The lowest BCUT2D eigenvalue weighted by Gasteiger charge is -2.16. The summed E-state index contributed by atoms with van der Waals surface area (Å²) in [5, 5.41) is 12.0. The van der Waals surface area contributed by atoms with Crippen molar-refractivity contribution in [3.8, 4) is 0 Å². The van der Waals surface area contributed by atoms with E-state index in [1.807, 2.05) is 6.92 Å². The fraction of sp³-hybridized carbons (Fsp3) is 0.500. The summed E-state index contributed by atoms with van der Waals surface area (Å²) in [5.41, 5.74) is 4.63. The first-order valence-electron chi connectivity index (χ1n) is 5.73. The van der Waals surface area contributed by atoms with Gasteiger partial charge in [0.05, 0.1) is 11.7 Å². The Morgan fingerprint density at radius 1 is 1.39 bits per heavy atom. The summed E-state index contributed by atoms with van der Waals surface area (Å²) in [4.78, 5) is 0. The van der Waals surface area contributed by atoms with Crippen molar-refractivity contribution in [1.29, 1.82) is 0 Å². The summed E-state index contributed by atoms with van der Waals surface area (Å²) >= 11 is 0. The second kappa shape index (κ2) is 5.95. The van der Waals surface area contributed by atoms with E-state index in [0.29, 0.717) is 12.8 Å². The van der Waals surface area contributed by atoms with Gasteiger partial charge in [0.15, 0.2) is 0 Å². The van der Waals surface area contributed by atoms with Crippen LogP contribution in [0.2, 0.25) is 0 Å². The zero-order valence-corrected chi connectivity index (χ0v) is 10.1. The maximum Gasteiger partial charge on any atom is 0.418 e. The Kier molecular flexibility index (Phi) is 4.84. The molecule has 0 radical (unpaired) electrons.